The summed E-state index contributed by atoms with van der Waals surface area (Å²) in [6, 6.07) is 0. The van der Waals surface area contributed by atoms with Gasteiger partial charge in [0.25, 0.3) is 0 Å². The zero-order valence-corrected chi connectivity index (χ0v) is 6.73. The van der Waals surface area contributed by atoms with Crippen molar-refractivity contribution < 1.29 is 4.74 Å². The van der Waals surface area contributed by atoms with E-state index in [-0.39, 0.29) is 0 Å². The lowest BCUT2D eigenvalue weighted by atomic mass is 10.1. The van der Waals surface area contributed by atoms with Crippen LogP contribution in [0.1, 0.15) is 32.6 Å². The van der Waals surface area contributed by atoms with Crippen LogP contribution >= 0.6 is 0 Å². The predicted molar refractivity (Wildman–Crippen MR) is 41.9 cm³/mol. The smallest absolute Gasteiger partial charge is 0.0970 e. The highest BCUT2D eigenvalue weighted by molar-refractivity contribution is 4.65. The van der Waals surface area contributed by atoms with Gasteiger partial charge in [-0.15, -0.1) is 0 Å². The number of ether oxygens (including phenoxy) is 1. The maximum Gasteiger partial charge on any atom is 0.0970 e. The van der Waals surface area contributed by atoms with Crippen LogP contribution in [0.3, 0.4) is 0 Å². The molecule has 0 amide bonds. The molecule has 0 saturated carbocycles. The van der Waals surface area contributed by atoms with Crippen LogP contribution in [0.5, 0.6) is 0 Å². The first-order chi connectivity index (χ1) is 4.93. The first-order valence-corrected chi connectivity index (χ1v) is 4.26. The fourth-order valence-corrected chi connectivity index (χ4v) is 1.26. The third-order valence-corrected chi connectivity index (χ3v) is 1.92. The highest BCUT2D eigenvalue weighted by Crippen LogP contribution is 2.08. The van der Waals surface area contributed by atoms with Crippen LogP contribution < -0.4 is 5.32 Å². The lowest BCUT2D eigenvalue weighted by Gasteiger charge is -2.05. The Bertz CT molecular complexity index is 79.3. The van der Waals surface area contributed by atoms with E-state index in [2.05, 4.69) is 12.2 Å². The van der Waals surface area contributed by atoms with Crippen molar-refractivity contribution >= 4 is 0 Å². The molecule has 0 bridgehead atoms. The minimum Gasteiger partial charge on any atom is -0.362 e. The molecule has 10 heavy (non-hydrogen) atoms. The highest BCUT2D eigenvalue weighted by atomic mass is 16.5. The van der Waals surface area contributed by atoms with E-state index in [0.29, 0.717) is 6.10 Å². The van der Waals surface area contributed by atoms with Crippen molar-refractivity contribution in [2.75, 3.05) is 13.3 Å². The Morgan fingerprint density at radius 3 is 3.00 bits per heavy atom. The van der Waals surface area contributed by atoms with Gasteiger partial charge in [-0.3, -0.25) is 5.32 Å². The predicted octanol–water partition coefficient (Wildman–Crippen LogP) is 1.51. The van der Waals surface area contributed by atoms with Crippen LogP contribution in [0.15, 0.2) is 0 Å². The Kier molecular flexibility index (Phi) is 3.76. The van der Waals surface area contributed by atoms with Crippen LogP contribution in [0.2, 0.25) is 0 Å². The quantitative estimate of drug-likeness (QED) is 0.602. The number of unbranched alkanes of at least 4 members (excludes halogenated alkanes) is 2. The van der Waals surface area contributed by atoms with Gasteiger partial charge in [-0.25, -0.2) is 0 Å². The van der Waals surface area contributed by atoms with E-state index in [1.165, 1.54) is 25.7 Å². The summed E-state index contributed by atoms with van der Waals surface area (Å²) in [4.78, 5) is 0. The van der Waals surface area contributed by atoms with Crippen molar-refractivity contribution in [1.29, 1.82) is 0 Å². The van der Waals surface area contributed by atoms with Crippen LogP contribution in [0.25, 0.3) is 0 Å². The number of nitrogens with one attached hydrogen (secondary N) is 1. The van der Waals surface area contributed by atoms with Crippen molar-refractivity contribution in [2.45, 2.75) is 38.7 Å². The second-order valence-electron chi connectivity index (χ2n) is 2.88. The molecule has 1 saturated heterocycles. The van der Waals surface area contributed by atoms with Gasteiger partial charge in [0.05, 0.1) is 12.8 Å². The lowest BCUT2D eigenvalue weighted by Crippen LogP contribution is -2.13. The maximum absolute atomic E-state index is 5.39. The molecule has 1 fully saturated rings. The zero-order chi connectivity index (χ0) is 7.23. The van der Waals surface area contributed by atoms with E-state index in [4.69, 9.17) is 4.74 Å². The van der Waals surface area contributed by atoms with Crippen LogP contribution in [-0.4, -0.2) is 19.4 Å². The van der Waals surface area contributed by atoms with Crippen LogP contribution in [-0.2, 0) is 4.74 Å². The Morgan fingerprint density at radius 1 is 1.50 bits per heavy atom. The van der Waals surface area contributed by atoms with Gasteiger partial charge in [-0.2, -0.15) is 0 Å². The maximum atomic E-state index is 5.39. The fraction of sp³-hybridized carbons (Fsp3) is 1.00. The van der Waals surface area contributed by atoms with E-state index in [9.17, 15) is 0 Å². The monoisotopic (exact) mass is 143 g/mol. The molecule has 2 heteroatoms. The molecule has 0 aliphatic carbocycles. The van der Waals surface area contributed by atoms with Crippen molar-refractivity contribution in [3.63, 3.8) is 0 Å². The topological polar surface area (TPSA) is 21.3 Å². The molecule has 60 valence electrons. The molecule has 1 unspecified atom stereocenters. The number of rotatable bonds is 4. The first kappa shape index (κ1) is 8.02. The van der Waals surface area contributed by atoms with E-state index < -0.39 is 0 Å². The van der Waals surface area contributed by atoms with Crippen LogP contribution in [0, 0.1) is 0 Å². The minimum atomic E-state index is 0.506. The number of hydrogen-bond donors (Lipinski definition) is 1. The molecule has 0 aromatic carbocycles. The summed E-state index contributed by atoms with van der Waals surface area (Å²) in [5, 5.41) is 3.18. The van der Waals surface area contributed by atoms with Gasteiger partial charge in [-0.1, -0.05) is 26.2 Å². The molecule has 1 aliphatic heterocycles. The molecule has 1 aliphatic rings. The summed E-state index contributed by atoms with van der Waals surface area (Å²) in [6.45, 7) is 4.05. The molecule has 0 radical (unpaired) electrons. The van der Waals surface area contributed by atoms with Crippen molar-refractivity contribution in [3.05, 3.63) is 0 Å². The average molecular weight is 143 g/mol. The SMILES string of the molecule is CCCCCC1CNCO1. The van der Waals surface area contributed by atoms with Gasteiger partial charge in [-0.05, 0) is 6.42 Å². The summed E-state index contributed by atoms with van der Waals surface area (Å²) in [6.07, 6.45) is 5.72. The van der Waals surface area contributed by atoms with Gasteiger partial charge >= 0.3 is 0 Å². The molecular formula is C8H17NO. The Morgan fingerprint density at radius 2 is 2.40 bits per heavy atom. The normalized spacial score (nSPS) is 25.5. The van der Waals surface area contributed by atoms with Gasteiger partial charge in [0.15, 0.2) is 0 Å². The largest absolute Gasteiger partial charge is 0.362 e. The van der Waals surface area contributed by atoms with Gasteiger partial charge in [0.1, 0.15) is 0 Å². The van der Waals surface area contributed by atoms with Crippen LogP contribution in [0.4, 0.5) is 0 Å². The summed E-state index contributed by atoms with van der Waals surface area (Å²) in [5.74, 6) is 0. The molecule has 0 spiro atoms. The molecule has 1 heterocycles. The lowest BCUT2D eigenvalue weighted by molar-refractivity contribution is 0.105. The van der Waals surface area contributed by atoms with E-state index >= 15 is 0 Å². The molecule has 0 aromatic heterocycles. The standard InChI is InChI=1S/C8H17NO/c1-2-3-4-5-8-6-9-7-10-8/h8-9H,2-7H2,1H3. The van der Waals surface area contributed by atoms with Gasteiger partial charge in [0, 0.05) is 6.54 Å². The second-order valence-corrected chi connectivity index (χ2v) is 2.88. The molecule has 1 N–H and O–H groups in total. The molecule has 2 nitrogen and oxygen atoms in total. The summed E-state index contributed by atoms with van der Waals surface area (Å²) < 4.78 is 5.39. The third kappa shape index (κ3) is 2.67. The minimum absolute atomic E-state index is 0.506. The van der Waals surface area contributed by atoms with Gasteiger partial charge < -0.3 is 4.74 Å². The van der Waals surface area contributed by atoms with E-state index in [1.807, 2.05) is 0 Å². The van der Waals surface area contributed by atoms with E-state index in [0.717, 1.165) is 13.3 Å². The number of hydrogen-bond acceptors (Lipinski definition) is 2. The summed E-state index contributed by atoms with van der Waals surface area (Å²) in [5.41, 5.74) is 0. The summed E-state index contributed by atoms with van der Waals surface area (Å²) >= 11 is 0. The van der Waals surface area contributed by atoms with E-state index in [1.54, 1.807) is 0 Å². The second kappa shape index (κ2) is 4.69. The Hall–Kier alpha value is -0.0800. The molecular weight excluding hydrogens is 126 g/mol. The molecule has 1 atom stereocenters. The average Bonchev–Trinajstić information content (AvgIpc) is 2.41. The summed E-state index contributed by atoms with van der Waals surface area (Å²) in [7, 11) is 0. The zero-order valence-electron chi connectivity index (χ0n) is 6.73. The van der Waals surface area contributed by atoms with Crippen molar-refractivity contribution in [1.82, 2.24) is 5.32 Å². The van der Waals surface area contributed by atoms with Gasteiger partial charge in [0.2, 0.25) is 0 Å². The Labute approximate surface area is 63.0 Å². The highest BCUT2D eigenvalue weighted by Gasteiger charge is 2.12. The third-order valence-electron chi connectivity index (χ3n) is 1.92. The van der Waals surface area contributed by atoms with Crippen molar-refractivity contribution in [3.8, 4) is 0 Å². The first-order valence-electron chi connectivity index (χ1n) is 4.26. The molecule has 1 rings (SSSR count). The van der Waals surface area contributed by atoms with Crippen molar-refractivity contribution in [2.24, 2.45) is 0 Å². The fourth-order valence-electron chi connectivity index (χ4n) is 1.26. The Balaban J connectivity index is 1.91. The molecule has 0 aromatic rings.